The van der Waals surface area contributed by atoms with Crippen molar-refractivity contribution in [3.05, 3.63) is 58.9 Å². The largest absolute Gasteiger partial charge is 0.486 e. The molecule has 1 aliphatic heterocycles. The van der Waals surface area contributed by atoms with E-state index in [9.17, 15) is 0 Å². The van der Waals surface area contributed by atoms with Crippen LogP contribution in [-0.2, 0) is 12.8 Å². The highest BCUT2D eigenvalue weighted by molar-refractivity contribution is 5.60. The Bertz CT molecular complexity index is 1010. The Morgan fingerprint density at radius 1 is 1.07 bits per heavy atom. The number of benzene rings is 2. The van der Waals surface area contributed by atoms with Crippen molar-refractivity contribution >= 4 is 0 Å². The molecule has 2 aromatic carbocycles. The molecule has 5 nitrogen and oxygen atoms in total. The lowest BCUT2D eigenvalue weighted by Gasteiger charge is -2.21. The fraction of sp³-hybridized carbons (Fsp3) is 0.391. The molecule has 144 valence electrons. The number of rotatable bonds is 4. The topological polar surface area (TPSA) is 60.0 Å². The van der Waals surface area contributed by atoms with Crippen LogP contribution in [0.5, 0.6) is 11.5 Å². The molecule has 0 fully saturated rings. The third-order valence-electron chi connectivity index (χ3n) is 5.58. The summed E-state index contributed by atoms with van der Waals surface area (Å²) in [7, 11) is 0. The average molecular weight is 375 g/mol. The molecule has 0 spiro atoms. The molecule has 1 unspecified atom stereocenters. The van der Waals surface area contributed by atoms with Gasteiger partial charge in [-0.15, -0.1) is 0 Å². The second-order valence-corrected chi connectivity index (χ2v) is 8.11. The maximum Gasteiger partial charge on any atom is 0.181 e. The van der Waals surface area contributed by atoms with Gasteiger partial charge in [0, 0.05) is 17.9 Å². The fourth-order valence-electron chi connectivity index (χ4n) is 4.27. The number of aryl methyl sites for hydroxylation is 1. The maximum atomic E-state index is 5.79. The molecule has 28 heavy (non-hydrogen) atoms. The van der Waals surface area contributed by atoms with Crippen LogP contribution >= 0.6 is 0 Å². The molecule has 5 rings (SSSR count). The molecule has 0 bridgehead atoms. The minimum atomic E-state index is 0.375. The molecule has 1 N–H and O–H groups in total. The molecule has 2 aliphatic rings. The van der Waals surface area contributed by atoms with Crippen LogP contribution in [-0.4, -0.2) is 28.4 Å². The lowest BCUT2D eigenvalue weighted by atomic mass is 9.91. The standard InChI is InChI=1S/C23H25N3O2/c1-14(2)11-22-24-23(26-25-22)17-4-3-15-5-7-18(19(15)12-17)16-6-8-20-21(13-16)28-10-9-27-20/h3-4,6,8,12-14,18H,5,7,9-11H2,1-2H3,(H,24,25,26). The maximum absolute atomic E-state index is 5.79. The summed E-state index contributed by atoms with van der Waals surface area (Å²) >= 11 is 0. The van der Waals surface area contributed by atoms with Crippen LogP contribution in [0.25, 0.3) is 11.4 Å². The zero-order valence-corrected chi connectivity index (χ0v) is 16.4. The molecule has 0 saturated carbocycles. The van der Waals surface area contributed by atoms with Crippen LogP contribution < -0.4 is 9.47 Å². The zero-order valence-electron chi connectivity index (χ0n) is 16.4. The van der Waals surface area contributed by atoms with E-state index in [1.807, 2.05) is 6.07 Å². The van der Waals surface area contributed by atoms with Gasteiger partial charge in [-0.3, -0.25) is 5.10 Å². The molecular weight excluding hydrogens is 350 g/mol. The Kier molecular flexibility index (Phi) is 4.30. The monoisotopic (exact) mass is 375 g/mol. The van der Waals surface area contributed by atoms with Gasteiger partial charge in [0.05, 0.1) is 0 Å². The summed E-state index contributed by atoms with van der Waals surface area (Å²) in [6, 6.07) is 13.0. The average Bonchev–Trinajstić information content (AvgIpc) is 3.33. The summed E-state index contributed by atoms with van der Waals surface area (Å²) in [5.41, 5.74) is 5.16. The van der Waals surface area contributed by atoms with Crippen molar-refractivity contribution in [1.82, 2.24) is 15.2 Å². The van der Waals surface area contributed by atoms with E-state index in [1.165, 1.54) is 16.7 Å². The summed E-state index contributed by atoms with van der Waals surface area (Å²) in [6.45, 7) is 5.62. The van der Waals surface area contributed by atoms with Gasteiger partial charge in [0.1, 0.15) is 19.0 Å². The first kappa shape index (κ1) is 17.3. The summed E-state index contributed by atoms with van der Waals surface area (Å²) in [6.07, 6.45) is 3.13. The number of hydrogen-bond acceptors (Lipinski definition) is 4. The molecule has 1 aliphatic carbocycles. The van der Waals surface area contributed by atoms with Crippen LogP contribution in [0.15, 0.2) is 36.4 Å². The second kappa shape index (κ2) is 6.97. The summed E-state index contributed by atoms with van der Waals surface area (Å²) < 4.78 is 11.5. The molecule has 2 heterocycles. The van der Waals surface area contributed by atoms with Crippen LogP contribution in [0.1, 0.15) is 48.7 Å². The molecule has 0 saturated heterocycles. The number of aromatic amines is 1. The second-order valence-electron chi connectivity index (χ2n) is 8.11. The first-order chi connectivity index (χ1) is 13.7. The summed E-state index contributed by atoms with van der Waals surface area (Å²) in [5, 5.41) is 7.54. The van der Waals surface area contributed by atoms with Gasteiger partial charge in [-0.25, -0.2) is 4.98 Å². The quantitative estimate of drug-likeness (QED) is 0.728. The van der Waals surface area contributed by atoms with Crippen LogP contribution in [0.4, 0.5) is 0 Å². The van der Waals surface area contributed by atoms with Crippen molar-refractivity contribution < 1.29 is 9.47 Å². The van der Waals surface area contributed by atoms with Crippen molar-refractivity contribution in [2.24, 2.45) is 5.92 Å². The molecule has 0 radical (unpaired) electrons. The van der Waals surface area contributed by atoms with Crippen molar-refractivity contribution in [3.8, 4) is 22.9 Å². The van der Waals surface area contributed by atoms with Crippen molar-refractivity contribution in [2.45, 2.75) is 39.0 Å². The predicted octanol–water partition coefficient (Wildman–Crippen LogP) is 4.52. The number of fused-ring (bicyclic) bond motifs is 2. The Balaban J connectivity index is 1.46. The summed E-state index contributed by atoms with van der Waals surface area (Å²) in [4.78, 5) is 4.70. The van der Waals surface area contributed by atoms with Gasteiger partial charge < -0.3 is 9.47 Å². The first-order valence-corrected chi connectivity index (χ1v) is 10.1. The first-order valence-electron chi connectivity index (χ1n) is 10.1. The smallest absolute Gasteiger partial charge is 0.181 e. The predicted molar refractivity (Wildman–Crippen MR) is 108 cm³/mol. The van der Waals surface area contributed by atoms with Crippen molar-refractivity contribution in [2.75, 3.05) is 13.2 Å². The Labute approximate surface area is 165 Å². The molecule has 3 aromatic rings. The minimum absolute atomic E-state index is 0.375. The van der Waals surface area contributed by atoms with E-state index in [0.29, 0.717) is 25.0 Å². The van der Waals surface area contributed by atoms with E-state index in [2.05, 4.69) is 54.4 Å². The van der Waals surface area contributed by atoms with Crippen LogP contribution in [0.3, 0.4) is 0 Å². The Hall–Kier alpha value is -2.82. The van der Waals surface area contributed by atoms with E-state index in [-0.39, 0.29) is 0 Å². The highest BCUT2D eigenvalue weighted by Gasteiger charge is 2.26. The fourth-order valence-corrected chi connectivity index (χ4v) is 4.27. The number of H-pyrrole nitrogens is 1. The van der Waals surface area contributed by atoms with Crippen molar-refractivity contribution in [1.29, 1.82) is 0 Å². The van der Waals surface area contributed by atoms with Gasteiger partial charge in [0.25, 0.3) is 0 Å². The third kappa shape index (κ3) is 3.15. The van der Waals surface area contributed by atoms with E-state index in [1.54, 1.807) is 0 Å². The Morgan fingerprint density at radius 2 is 1.93 bits per heavy atom. The number of aromatic nitrogens is 3. The molecular formula is C23H25N3O2. The van der Waals surface area contributed by atoms with E-state index >= 15 is 0 Å². The normalized spacial score (nSPS) is 17.8. The molecule has 5 heteroatoms. The lowest BCUT2D eigenvalue weighted by Crippen LogP contribution is -2.15. The minimum Gasteiger partial charge on any atom is -0.486 e. The highest BCUT2D eigenvalue weighted by atomic mass is 16.6. The van der Waals surface area contributed by atoms with Gasteiger partial charge in [0.2, 0.25) is 0 Å². The van der Waals surface area contributed by atoms with Crippen LogP contribution in [0.2, 0.25) is 0 Å². The third-order valence-corrected chi connectivity index (χ3v) is 5.58. The van der Waals surface area contributed by atoms with E-state index in [0.717, 1.165) is 48.0 Å². The van der Waals surface area contributed by atoms with Gasteiger partial charge >= 0.3 is 0 Å². The number of nitrogens with zero attached hydrogens (tertiary/aromatic N) is 2. The van der Waals surface area contributed by atoms with Gasteiger partial charge in [-0.2, -0.15) is 5.10 Å². The summed E-state index contributed by atoms with van der Waals surface area (Å²) in [5.74, 6) is 4.38. The van der Waals surface area contributed by atoms with Gasteiger partial charge in [0.15, 0.2) is 17.3 Å². The number of ether oxygens (including phenoxy) is 2. The van der Waals surface area contributed by atoms with Crippen molar-refractivity contribution in [3.63, 3.8) is 0 Å². The molecule has 0 amide bonds. The highest BCUT2D eigenvalue weighted by Crippen LogP contribution is 2.42. The molecule has 1 aromatic heterocycles. The lowest BCUT2D eigenvalue weighted by molar-refractivity contribution is 0.171. The van der Waals surface area contributed by atoms with Gasteiger partial charge in [-0.1, -0.05) is 32.0 Å². The Morgan fingerprint density at radius 3 is 2.79 bits per heavy atom. The SMILES string of the molecule is CC(C)Cc1nc(-c2ccc3c(c2)C(c2ccc4c(c2)OCCO4)CC3)n[nH]1. The van der Waals surface area contributed by atoms with E-state index < -0.39 is 0 Å². The molecule has 1 atom stereocenters. The van der Waals surface area contributed by atoms with Gasteiger partial charge in [-0.05, 0) is 53.6 Å². The number of hydrogen-bond donors (Lipinski definition) is 1. The number of nitrogens with one attached hydrogen (secondary N) is 1. The zero-order chi connectivity index (χ0) is 19.1. The van der Waals surface area contributed by atoms with Crippen LogP contribution in [0, 0.1) is 5.92 Å². The van der Waals surface area contributed by atoms with E-state index in [4.69, 9.17) is 14.5 Å².